The Labute approximate surface area is 102 Å². The SMILES string of the molecule is Cl.NCC[C@@H](N)c1c(F)cccc1C(F)(F)F. The second kappa shape index (κ2) is 6.18. The largest absolute Gasteiger partial charge is 0.416 e. The van der Waals surface area contributed by atoms with Crippen LogP contribution in [0.2, 0.25) is 0 Å². The summed E-state index contributed by atoms with van der Waals surface area (Å²) in [5.41, 5.74) is 9.13. The zero-order valence-corrected chi connectivity index (χ0v) is 9.61. The molecular formula is C10H13ClF4N2. The molecule has 0 heterocycles. The standard InChI is InChI=1S/C10H12F4N2.ClH/c11-7-3-1-2-6(10(12,13)14)9(7)8(16)4-5-15;/h1-3,8H,4-5,15-16H2;1H/t8-;/m1./s1. The molecule has 0 aliphatic carbocycles. The lowest BCUT2D eigenvalue weighted by atomic mass is 9.97. The summed E-state index contributed by atoms with van der Waals surface area (Å²) in [4.78, 5) is 0. The maximum Gasteiger partial charge on any atom is 0.416 e. The first kappa shape index (κ1) is 16.1. The molecule has 0 saturated heterocycles. The molecule has 0 saturated carbocycles. The summed E-state index contributed by atoms with van der Waals surface area (Å²) in [6.45, 7) is 0.104. The summed E-state index contributed by atoms with van der Waals surface area (Å²) >= 11 is 0. The van der Waals surface area contributed by atoms with Gasteiger partial charge in [-0.25, -0.2) is 4.39 Å². The number of benzene rings is 1. The smallest absolute Gasteiger partial charge is 0.330 e. The molecule has 2 nitrogen and oxygen atoms in total. The lowest BCUT2D eigenvalue weighted by molar-refractivity contribution is -0.138. The predicted molar refractivity (Wildman–Crippen MR) is 59.2 cm³/mol. The second-order valence-electron chi connectivity index (χ2n) is 3.38. The van der Waals surface area contributed by atoms with Gasteiger partial charge in [-0.15, -0.1) is 12.4 Å². The van der Waals surface area contributed by atoms with Gasteiger partial charge in [0.1, 0.15) is 5.82 Å². The molecule has 0 unspecified atom stereocenters. The van der Waals surface area contributed by atoms with Gasteiger partial charge in [-0.2, -0.15) is 13.2 Å². The zero-order chi connectivity index (χ0) is 12.3. The zero-order valence-electron chi connectivity index (χ0n) is 8.80. The maximum atomic E-state index is 13.3. The number of hydrogen-bond donors (Lipinski definition) is 2. The van der Waals surface area contributed by atoms with Gasteiger partial charge in [0.15, 0.2) is 0 Å². The molecule has 0 spiro atoms. The Balaban J connectivity index is 0.00000256. The molecular weight excluding hydrogens is 260 g/mol. The summed E-state index contributed by atoms with van der Waals surface area (Å²) in [6, 6.07) is 1.75. The fourth-order valence-corrected chi connectivity index (χ4v) is 1.48. The van der Waals surface area contributed by atoms with Crippen molar-refractivity contribution in [2.75, 3.05) is 6.54 Å². The fourth-order valence-electron chi connectivity index (χ4n) is 1.48. The Morgan fingerprint density at radius 1 is 1.24 bits per heavy atom. The van der Waals surface area contributed by atoms with E-state index in [0.29, 0.717) is 0 Å². The van der Waals surface area contributed by atoms with Gasteiger partial charge in [0, 0.05) is 11.6 Å². The third-order valence-electron chi connectivity index (χ3n) is 2.21. The van der Waals surface area contributed by atoms with Crippen LogP contribution in [0.5, 0.6) is 0 Å². The number of halogens is 5. The molecule has 0 radical (unpaired) electrons. The normalized spacial score (nSPS) is 13.1. The monoisotopic (exact) mass is 272 g/mol. The first-order valence-electron chi connectivity index (χ1n) is 4.69. The van der Waals surface area contributed by atoms with Crippen molar-refractivity contribution in [2.45, 2.75) is 18.6 Å². The Morgan fingerprint density at radius 2 is 1.82 bits per heavy atom. The molecule has 7 heteroatoms. The van der Waals surface area contributed by atoms with Crippen molar-refractivity contribution in [3.05, 3.63) is 35.1 Å². The molecule has 98 valence electrons. The molecule has 1 aromatic rings. The van der Waals surface area contributed by atoms with Crippen molar-refractivity contribution in [3.63, 3.8) is 0 Å². The molecule has 0 aliphatic rings. The Hall–Kier alpha value is -0.850. The maximum absolute atomic E-state index is 13.3. The Morgan fingerprint density at radius 3 is 2.29 bits per heavy atom. The first-order valence-corrected chi connectivity index (χ1v) is 4.69. The molecule has 1 atom stereocenters. The number of nitrogens with two attached hydrogens (primary N) is 2. The van der Waals surface area contributed by atoms with Crippen molar-refractivity contribution < 1.29 is 17.6 Å². The first-order chi connectivity index (χ1) is 7.38. The van der Waals surface area contributed by atoms with Crippen molar-refractivity contribution in [2.24, 2.45) is 11.5 Å². The lowest BCUT2D eigenvalue weighted by Gasteiger charge is -2.18. The van der Waals surface area contributed by atoms with E-state index in [-0.39, 0.29) is 25.4 Å². The molecule has 0 aromatic heterocycles. The highest BCUT2D eigenvalue weighted by atomic mass is 35.5. The average Bonchev–Trinajstić information content (AvgIpc) is 2.16. The summed E-state index contributed by atoms with van der Waals surface area (Å²) in [6.07, 6.45) is -4.51. The molecule has 0 aliphatic heterocycles. The number of rotatable bonds is 3. The molecule has 1 aromatic carbocycles. The van der Waals surface area contributed by atoms with E-state index in [1.165, 1.54) is 0 Å². The molecule has 0 fully saturated rings. The van der Waals surface area contributed by atoms with Crippen molar-refractivity contribution in [1.82, 2.24) is 0 Å². The van der Waals surface area contributed by atoms with Crippen molar-refractivity contribution in [1.29, 1.82) is 0 Å². The second-order valence-corrected chi connectivity index (χ2v) is 3.38. The van der Waals surface area contributed by atoms with Gasteiger partial charge >= 0.3 is 6.18 Å². The van der Waals surface area contributed by atoms with Crippen LogP contribution in [0.1, 0.15) is 23.6 Å². The third kappa shape index (κ3) is 3.83. The van der Waals surface area contributed by atoms with E-state index in [0.717, 1.165) is 18.2 Å². The van der Waals surface area contributed by atoms with Crippen LogP contribution in [-0.2, 0) is 6.18 Å². The van der Waals surface area contributed by atoms with Crippen LogP contribution in [0.4, 0.5) is 17.6 Å². The van der Waals surface area contributed by atoms with E-state index in [1.54, 1.807) is 0 Å². The van der Waals surface area contributed by atoms with Gasteiger partial charge < -0.3 is 11.5 Å². The van der Waals surface area contributed by atoms with Crippen LogP contribution in [0.3, 0.4) is 0 Å². The highest BCUT2D eigenvalue weighted by molar-refractivity contribution is 5.85. The average molecular weight is 273 g/mol. The molecule has 1 rings (SSSR count). The summed E-state index contributed by atoms with van der Waals surface area (Å²) in [5, 5.41) is 0. The summed E-state index contributed by atoms with van der Waals surface area (Å²) in [5.74, 6) is -0.948. The van der Waals surface area contributed by atoms with Gasteiger partial charge in [-0.3, -0.25) is 0 Å². The van der Waals surface area contributed by atoms with Crippen molar-refractivity contribution in [3.8, 4) is 0 Å². The van der Waals surface area contributed by atoms with Crippen LogP contribution in [0, 0.1) is 5.82 Å². The fraction of sp³-hybridized carbons (Fsp3) is 0.400. The summed E-state index contributed by atoms with van der Waals surface area (Å²) in [7, 11) is 0. The van der Waals surface area contributed by atoms with Gasteiger partial charge in [0.05, 0.1) is 5.56 Å². The van der Waals surface area contributed by atoms with Crippen molar-refractivity contribution >= 4 is 12.4 Å². The molecule has 17 heavy (non-hydrogen) atoms. The molecule has 4 N–H and O–H groups in total. The Kier molecular flexibility index (Phi) is 5.87. The van der Waals surface area contributed by atoms with E-state index < -0.39 is 29.2 Å². The van der Waals surface area contributed by atoms with E-state index in [4.69, 9.17) is 11.5 Å². The molecule has 0 bridgehead atoms. The lowest BCUT2D eigenvalue weighted by Crippen LogP contribution is -2.21. The minimum absolute atomic E-state index is 0. The van der Waals surface area contributed by atoms with Gasteiger partial charge in [-0.1, -0.05) is 6.07 Å². The van der Waals surface area contributed by atoms with Crippen LogP contribution in [0.25, 0.3) is 0 Å². The predicted octanol–water partition coefficient (Wildman–Crippen LogP) is 2.61. The molecule has 0 amide bonds. The summed E-state index contributed by atoms with van der Waals surface area (Å²) < 4.78 is 51.1. The quantitative estimate of drug-likeness (QED) is 0.831. The highest BCUT2D eigenvalue weighted by Crippen LogP contribution is 2.35. The van der Waals surface area contributed by atoms with Gasteiger partial charge in [-0.05, 0) is 25.1 Å². The van der Waals surface area contributed by atoms with Crippen LogP contribution in [0.15, 0.2) is 18.2 Å². The minimum Gasteiger partial charge on any atom is -0.330 e. The van der Waals surface area contributed by atoms with E-state index >= 15 is 0 Å². The highest BCUT2D eigenvalue weighted by Gasteiger charge is 2.35. The van der Waals surface area contributed by atoms with E-state index in [1.807, 2.05) is 0 Å². The third-order valence-corrected chi connectivity index (χ3v) is 2.21. The minimum atomic E-state index is -4.61. The Bertz CT molecular complexity index is 368. The van der Waals surface area contributed by atoms with Gasteiger partial charge in [0.2, 0.25) is 0 Å². The van der Waals surface area contributed by atoms with Gasteiger partial charge in [0.25, 0.3) is 0 Å². The van der Waals surface area contributed by atoms with E-state index in [2.05, 4.69) is 0 Å². The number of alkyl halides is 3. The van der Waals surface area contributed by atoms with Crippen LogP contribution in [-0.4, -0.2) is 6.54 Å². The van der Waals surface area contributed by atoms with E-state index in [9.17, 15) is 17.6 Å². The number of hydrogen-bond acceptors (Lipinski definition) is 2. The van der Waals surface area contributed by atoms with Crippen LogP contribution < -0.4 is 11.5 Å². The van der Waals surface area contributed by atoms with Crippen LogP contribution >= 0.6 is 12.4 Å². The topological polar surface area (TPSA) is 52.0 Å².